The molecule has 32 heavy (non-hydrogen) atoms. The molecule has 1 aliphatic rings. The molecule has 1 aliphatic heterocycles. The van der Waals surface area contributed by atoms with Crippen LogP contribution in [0.15, 0.2) is 24.4 Å². The highest BCUT2D eigenvalue weighted by atomic mass is 16.5. The second-order valence-corrected chi connectivity index (χ2v) is 7.60. The molecule has 10 heteroatoms. The number of hydrogen-bond acceptors (Lipinski definition) is 6. The van der Waals surface area contributed by atoms with Crippen LogP contribution >= 0.6 is 0 Å². The number of rotatable bonds is 0. The van der Waals surface area contributed by atoms with E-state index < -0.39 is 0 Å². The van der Waals surface area contributed by atoms with Crippen LogP contribution in [-0.4, -0.2) is 55.4 Å². The van der Waals surface area contributed by atoms with E-state index in [0.29, 0.717) is 24.9 Å². The maximum atomic E-state index is 12.3. The van der Waals surface area contributed by atoms with Crippen LogP contribution in [0.25, 0.3) is 34.2 Å². The minimum atomic E-state index is -0.238. The highest BCUT2D eigenvalue weighted by Gasteiger charge is 2.17. The van der Waals surface area contributed by atoms with Crippen LogP contribution in [0.4, 0.5) is 0 Å². The van der Waals surface area contributed by atoms with Crippen molar-refractivity contribution in [2.24, 2.45) is 14.1 Å². The van der Waals surface area contributed by atoms with Crippen LogP contribution in [0.2, 0.25) is 0 Å². The van der Waals surface area contributed by atoms with Crippen LogP contribution in [-0.2, 0) is 18.9 Å². The van der Waals surface area contributed by atoms with Gasteiger partial charge in [-0.15, -0.1) is 0 Å². The fourth-order valence-corrected chi connectivity index (χ4v) is 3.83. The van der Waals surface area contributed by atoms with E-state index in [1.165, 1.54) is 0 Å². The fourth-order valence-electron chi connectivity index (χ4n) is 3.83. The second kappa shape index (κ2) is 7.88. The van der Waals surface area contributed by atoms with Gasteiger partial charge in [0, 0.05) is 19.5 Å². The molecule has 0 saturated carbocycles. The summed E-state index contributed by atoms with van der Waals surface area (Å²) in [6.07, 6.45) is 5.60. The number of nitrogens with zero attached hydrogens (tertiary/aromatic N) is 5. The average molecular weight is 433 g/mol. The number of aromatic nitrogens is 6. The number of fused-ring (bicyclic) bond motifs is 4. The van der Waals surface area contributed by atoms with E-state index in [1.54, 1.807) is 22.6 Å². The third-order valence-electron chi connectivity index (χ3n) is 5.41. The lowest BCUT2D eigenvalue weighted by atomic mass is 10.1. The number of aromatic amines is 1. The molecule has 10 nitrogen and oxygen atoms in total. The first kappa shape index (κ1) is 19.9. The normalized spacial score (nSPS) is 15.4. The van der Waals surface area contributed by atoms with Gasteiger partial charge in [-0.1, -0.05) is 6.07 Å². The Labute approximate surface area is 183 Å². The van der Waals surface area contributed by atoms with Crippen LogP contribution in [0, 0.1) is 6.92 Å². The molecule has 164 valence electrons. The maximum absolute atomic E-state index is 12.3. The molecule has 4 heterocycles. The molecule has 5 rings (SSSR count). The standard InChI is InChI=1S/C22H23N7O3/c1-13-15-5-7-19-16-10-14(4-6-18(16)25-26-19)17-11-24-28(2)22(17)31-9-8-23-20(30)12-32-21(15)29(3)27-13/h4-7,10-11H,8-9,12H2,1-3H3,(H,23,30)(H,25,26)/b7-5+. The van der Waals surface area contributed by atoms with E-state index in [2.05, 4.69) is 31.8 Å². The lowest BCUT2D eigenvalue weighted by molar-refractivity contribution is -0.123. The van der Waals surface area contributed by atoms with Crippen molar-refractivity contribution in [3.8, 4) is 22.9 Å². The highest BCUT2D eigenvalue weighted by molar-refractivity contribution is 5.93. The molecule has 2 N–H and O–H groups in total. The molecule has 0 saturated heterocycles. The van der Waals surface area contributed by atoms with Gasteiger partial charge in [0.05, 0.1) is 40.8 Å². The predicted octanol–water partition coefficient (Wildman–Crippen LogP) is 2.06. The number of amides is 1. The SMILES string of the molecule is Cc1nn(C)c2c1/C=C/c1n[nH]c3ccc(cc13)-c1cnn(C)c1OCCNC(=O)CO2. The number of nitrogens with one attached hydrogen (secondary N) is 2. The molecule has 3 aromatic heterocycles. The highest BCUT2D eigenvalue weighted by Crippen LogP contribution is 2.33. The van der Waals surface area contributed by atoms with Gasteiger partial charge in [-0.05, 0) is 36.8 Å². The number of ether oxygens (including phenoxy) is 2. The zero-order valence-electron chi connectivity index (χ0n) is 18.0. The van der Waals surface area contributed by atoms with Gasteiger partial charge in [-0.25, -0.2) is 9.36 Å². The Morgan fingerprint density at radius 1 is 1.09 bits per heavy atom. The topological polar surface area (TPSA) is 112 Å². The van der Waals surface area contributed by atoms with E-state index in [9.17, 15) is 4.79 Å². The number of H-pyrrole nitrogens is 1. The van der Waals surface area contributed by atoms with Crippen molar-refractivity contribution in [3.05, 3.63) is 41.3 Å². The second-order valence-electron chi connectivity index (χ2n) is 7.60. The van der Waals surface area contributed by atoms with Crippen molar-refractivity contribution in [1.29, 1.82) is 0 Å². The first-order valence-corrected chi connectivity index (χ1v) is 10.3. The van der Waals surface area contributed by atoms with Gasteiger partial charge in [0.2, 0.25) is 11.8 Å². The summed E-state index contributed by atoms with van der Waals surface area (Å²) < 4.78 is 15.1. The molecule has 0 fully saturated rings. The molecule has 0 atom stereocenters. The van der Waals surface area contributed by atoms with Crippen molar-refractivity contribution in [2.45, 2.75) is 6.92 Å². The van der Waals surface area contributed by atoms with E-state index in [-0.39, 0.29) is 12.5 Å². The molecule has 0 spiro atoms. The molecule has 2 bridgehead atoms. The summed E-state index contributed by atoms with van der Waals surface area (Å²) in [5.74, 6) is 0.917. The van der Waals surface area contributed by atoms with Crippen molar-refractivity contribution in [3.63, 3.8) is 0 Å². The lowest BCUT2D eigenvalue weighted by Gasteiger charge is -2.11. The van der Waals surface area contributed by atoms with Crippen LogP contribution in [0.5, 0.6) is 11.8 Å². The Hall–Kier alpha value is -4.08. The summed E-state index contributed by atoms with van der Waals surface area (Å²) in [4.78, 5) is 12.3. The number of aryl methyl sites for hydroxylation is 3. The van der Waals surface area contributed by atoms with Gasteiger partial charge in [0.25, 0.3) is 5.91 Å². The van der Waals surface area contributed by atoms with Gasteiger partial charge >= 0.3 is 0 Å². The lowest BCUT2D eigenvalue weighted by Crippen LogP contribution is -2.32. The summed E-state index contributed by atoms with van der Waals surface area (Å²) >= 11 is 0. The summed E-state index contributed by atoms with van der Waals surface area (Å²) in [6.45, 7) is 2.42. The van der Waals surface area contributed by atoms with Crippen LogP contribution < -0.4 is 14.8 Å². The van der Waals surface area contributed by atoms with Crippen molar-refractivity contribution < 1.29 is 14.3 Å². The summed E-state index contributed by atoms with van der Waals surface area (Å²) in [7, 11) is 3.61. The van der Waals surface area contributed by atoms with Crippen molar-refractivity contribution in [2.75, 3.05) is 19.8 Å². The van der Waals surface area contributed by atoms with E-state index in [1.807, 2.05) is 38.3 Å². The maximum Gasteiger partial charge on any atom is 0.258 e. The molecular weight excluding hydrogens is 410 g/mol. The Morgan fingerprint density at radius 2 is 1.97 bits per heavy atom. The molecule has 1 aromatic carbocycles. The fraction of sp³-hybridized carbons (Fsp3) is 0.273. The summed E-state index contributed by atoms with van der Waals surface area (Å²) in [5.41, 5.74) is 5.14. The van der Waals surface area contributed by atoms with Crippen molar-refractivity contribution >= 4 is 29.0 Å². The minimum absolute atomic E-state index is 0.121. The molecular formula is C22H23N7O3. The van der Waals surface area contributed by atoms with Crippen LogP contribution in [0.1, 0.15) is 17.0 Å². The quantitative estimate of drug-likeness (QED) is 0.439. The van der Waals surface area contributed by atoms with E-state index in [0.717, 1.165) is 39.0 Å². The molecule has 0 aliphatic carbocycles. The third kappa shape index (κ3) is 3.49. The van der Waals surface area contributed by atoms with Gasteiger partial charge in [-0.3, -0.25) is 9.89 Å². The average Bonchev–Trinajstić information content (AvgIpc) is 3.42. The number of benzene rings is 1. The van der Waals surface area contributed by atoms with Gasteiger partial charge in [0.15, 0.2) is 6.61 Å². The van der Waals surface area contributed by atoms with E-state index >= 15 is 0 Å². The van der Waals surface area contributed by atoms with Gasteiger partial charge in [0.1, 0.15) is 6.61 Å². The van der Waals surface area contributed by atoms with Gasteiger partial charge in [-0.2, -0.15) is 15.3 Å². The molecule has 1 amide bonds. The monoisotopic (exact) mass is 433 g/mol. The van der Waals surface area contributed by atoms with Crippen LogP contribution in [0.3, 0.4) is 0 Å². The number of hydrogen-bond donors (Lipinski definition) is 2. The largest absolute Gasteiger partial charge is 0.476 e. The minimum Gasteiger partial charge on any atom is -0.476 e. The first-order valence-electron chi connectivity index (χ1n) is 10.3. The third-order valence-corrected chi connectivity index (χ3v) is 5.41. The number of carbonyl (C=O) groups is 1. The Morgan fingerprint density at radius 3 is 2.84 bits per heavy atom. The Kier molecular flexibility index (Phi) is 4.89. The Balaban J connectivity index is 1.63. The predicted molar refractivity (Wildman–Crippen MR) is 119 cm³/mol. The molecule has 0 unspecified atom stereocenters. The zero-order chi connectivity index (χ0) is 22.2. The zero-order valence-corrected chi connectivity index (χ0v) is 18.0. The van der Waals surface area contributed by atoms with E-state index in [4.69, 9.17) is 9.47 Å². The molecule has 4 aromatic rings. The Bertz CT molecular complexity index is 1350. The van der Waals surface area contributed by atoms with Gasteiger partial charge < -0.3 is 14.8 Å². The smallest absolute Gasteiger partial charge is 0.258 e. The first-order chi connectivity index (χ1) is 15.5. The summed E-state index contributed by atoms with van der Waals surface area (Å²) in [5, 5.41) is 20.1. The summed E-state index contributed by atoms with van der Waals surface area (Å²) in [6, 6.07) is 6.06. The molecule has 0 radical (unpaired) electrons. The van der Waals surface area contributed by atoms with Crippen molar-refractivity contribution in [1.82, 2.24) is 35.1 Å². The number of carbonyl (C=O) groups excluding carboxylic acids is 1.